The Morgan fingerprint density at radius 3 is 2.74 bits per heavy atom. The van der Waals surface area contributed by atoms with E-state index >= 15 is 0 Å². The monoisotopic (exact) mass is 418 g/mol. The van der Waals surface area contributed by atoms with Crippen LogP contribution >= 0.6 is 0 Å². The van der Waals surface area contributed by atoms with E-state index in [1.807, 2.05) is 27.7 Å². The molecular weight excluding hydrogens is 392 g/mol. The Kier molecular flexibility index (Phi) is 4.41. The normalized spacial score (nSPS) is 23.3. The van der Waals surface area contributed by atoms with Crippen molar-refractivity contribution in [1.82, 2.24) is 29.8 Å². The standard InChI is InChI=1S/C23H26N6O2/c30-22(16-3-5-19-20(10-16)25-26-24-19)28-11-15-9-18(14-28)21-6-4-17(23(31)29(21)12-15)13-27-7-1-2-8-27/h3-6,10,15,18H,1-2,7-9,11-14H2,(H,24,25,26)/t15-,18+/m0/s1. The molecule has 2 atom stereocenters. The molecule has 6 rings (SSSR count). The van der Waals surface area contributed by atoms with Crippen LogP contribution in [-0.4, -0.2) is 61.9 Å². The number of piperidine rings is 1. The zero-order chi connectivity index (χ0) is 20.9. The molecule has 0 aliphatic carbocycles. The highest BCUT2D eigenvalue weighted by Crippen LogP contribution is 2.36. The fourth-order valence-corrected chi connectivity index (χ4v) is 5.61. The topological polar surface area (TPSA) is 87.1 Å². The maximum absolute atomic E-state index is 13.2. The number of benzene rings is 1. The summed E-state index contributed by atoms with van der Waals surface area (Å²) in [6, 6.07) is 9.60. The van der Waals surface area contributed by atoms with Gasteiger partial charge in [-0.3, -0.25) is 14.5 Å². The van der Waals surface area contributed by atoms with Crippen LogP contribution in [0.25, 0.3) is 11.0 Å². The summed E-state index contributed by atoms with van der Waals surface area (Å²) in [4.78, 5) is 30.7. The van der Waals surface area contributed by atoms with E-state index in [1.54, 1.807) is 6.07 Å². The van der Waals surface area contributed by atoms with Gasteiger partial charge >= 0.3 is 0 Å². The van der Waals surface area contributed by atoms with Crippen LogP contribution in [-0.2, 0) is 13.1 Å². The van der Waals surface area contributed by atoms with Crippen molar-refractivity contribution in [3.63, 3.8) is 0 Å². The van der Waals surface area contributed by atoms with Gasteiger partial charge in [-0.15, -0.1) is 0 Å². The first kappa shape index (κ1) is 18.7. The summed E-state index contributed by atoms with van der Waals surface area (Å²) >= 11 is 0. The van der Waals surface area contributed by atoms with Crippen LogP contribution in [0.5, 0.6) is 0 Å². The number of amides is 1. The molecule has 1 aromatic carbocycles. The number of rotatable bonds is 3. The number of fused-ring (bicyclic) bond motifs is 5. The molecule has 1 N–H and O–H groups in total. The van der Waals surface area contributed by atoms with Crippen molar-refractivity contribution in [1.29, 1.82) is 0 Å². The van der Waals surface area contributed by atoms with Gasteiger partial charge in [0.05, 0.1) is 0 Å². The predicted octanol–water partition coefficient (Wildman–Crippen LogP) is 1.97. The van der Waals surface area contributed by atoms with Crippen molar-refractivity contribution < 1.29 is 4.79 Å². The highest BCUT2D eigenvalue weighted by atomic mass is 16.2. The lowest BCUT2D eigenvalue weighted by Crippen LogP contribution is -2.49. The zero-order valence-electron chi connectivity index (χ0n) is 17.5. The van der Waals surface area contributed by atoms with Crippen LogP contribution in [0.4, 0.5) is 0 Å². The third kappa shape index (κ3) is 3.26. The summed E-state index contributed by atoms with van der Waals surface area (Å²) in [6.45, 7) is 4.97. The van der Waals surface area contributed by atoms with Gasteiger partial charge in [-0.2, -0.15) is 15.4 Å². The number of hydrogen-bond donors (Lipinski definition) is 1. The summed E-state index contributed by atoms with van der Waals surface area (Å²) in [5.41, 5.74) is 4.24. The quantitative estimate of drug-likeness (QED) is 0.703. The molecule has 0 spiro atoms. The first-order chi connectivity index (χ1) is 15.2. The average Bonchev–Trinajstić information content (AvgIpc) is 3.46. The van der Waals surface area contributed by atoms with Crippen LogP contribution in [0.3, 0.4) is 0 Å². The molecule has 8 heteroatoms. The predicted molar refractivity (Wildman–Crippen MR) is 116 cm³/mol. The lowest BCUT2D eigenvalue weighted by molar-refractivity contribution is 0.0594. The minimum Gasteiger partial charge on any atom is -0.338 e. The fraction of sp³-hybridized carbons (Fsp3) is 0.478. The van der Waals surface area contributed by atoms with Crippen molar-refractivity contribution in [3.05, 3.63) is 57.5 Å². The minimum absolute atomic E-state index is 0.0288. The average molecular weight is 419 g/mol. The summed E-state index contributed by atoms with van der Waals surface area (Å²) in [6.07, 6.45) is 3.49. The van der Waals surface area contributed by atoms with E-state index in [2.05, 4.69) is 26.4 Å². The number of aromatic nitrogens is 4. The number of carbonyl (C=O) groups is 1. The number of carbonyl (C=O) groups excluding carboxylic acids is 1. The SMILES string of the molecule is O=C(c1ccc2n[nH]nc2c1)N1C[C@@H]2C[C@H](C1)c1ccc(CN3CCCC3)c(=O)n1C2. The molecule has 0 saturated carbocycles. The van der Waals surface area contributed by atoms with Crippen molar-refractivity contribution in [2.45, 2.75) is 38.3 Å². The van der Waals surface area contributed by atoms with E-state index in [0.29, 0.717) is 36.6 Å². The molecule has 3 aliphatic rings. The van der Waals surface area contributed by atoms with Gasteiger partial charge < -0.3 is 9.47 Å². The summed E-state index contributed by atoms with van der Waals surface area (Å²) < 4.78 is 1.99. The van der Waals surface area contributed by atoms with Crippen molar-refractivity contribution >= 4 is 16.9 Å². The Morgan fingerprint density at radius 1 is 1.03 bits per heavy atom. The summed E-state index contributed by atoms with van der Waals surface area (Å²) in [7, 11) is 0. The number of aromatic amines is 1. The van der Waals surface area contributed by atoms with E-state index in [1.165, 1.54) is 12.8 Å². The van der Waals surface area contributed by atoms with Crippen LogP contribution < -0.4 is 5.56 Å². The Bertz CT molecular complexity index is 1210. The van der Waals surface area contributed by atoms with E-state index in [4.69, 9.17) is 0 Å². The van der Waals surface area contributed by atoms with E-state index in [0.717, 1.165) is 42.8 Å². The second-order valence-corrected chi connectivity index (χ2v) is 9.22. The van der Waals surface area contributed by atoms with Crippen molar-refractivity contribution in [2.75, 3.05) is 26.2 Å². The van der Waals surface area contributed by atoms with Gasteiger partial charge in [0.2, 0.25) is 0 Å². The third-order valence-electron chi connectivity index (χ3n) is 7.13. The molecule has 0 unspecified atom stereocenters. The van der Waals surface area contributed by atoms with Gasteiger partial charge in [0.15, 0.2) is 0 Å². The van der Waals surface area contributed by atoms with E-state index in [9.17, 15) is 9.59 Å². The van der Waals surface area contributed by atoms with Gasteiger partial charge in [0.1, 0.15) is 11.0 Å². The smallest absolute Gasteiger partial charge is 0.255 e. The molecule has 160 valence electrons. The number of hydrogen-bond acceptors (Lipinski definition) is 5. The molecule has 8 nitrogen and oxygen atoms in total. The maximum atomic E-state index is 13.2. The number of nitrogens with one attached hydrogen (secondary N) is 1. The Balaban J connectivity index is 1.25. The minimum atomic E-state index is 0.0288. The highest BCUT2D eigenvalue weighted by Gasteiger charge is 2.37. The third-order valence-corrected chi connectivity index (χ3v) is 7.13. The maximum Gasteiger partial charge on any atom is 0.255 e. The van der Waals surface area contributed by atoms with Gasteiger partial charge in [-0.25, -0.2) is 0 Å². The lowest BCUT2D eigenvalue weighted by Gasteiger charge is -2.43. The molecule has 2 fully saturated rings. The van der Waals surface area contributed by atoms with Gasteiger partial charge in [0.25, 0.3) is 11.5 Å². The molecule has 3 aromatic rings. The van der Waals surface area contributed by atoms with E-state index < -0.39 is 0 Å². The zero-order valence-corrected chi connectivity index (χ0v) is 17.5. The molecule has 2 bridgehead atoms. The van der Waals surface area contributed by atoms with Crippen molar-refractivity contribution in [2.24, 2.45) is 5.92 Å². The van der Waals surface area contributed by atoms with Crippen molar-refractivity contribution in [3.8, 4) is 0 Å². The van der Waals surface area contributed by atoms with Gasteiger partial charge in [-0.1, -0.05) is 6.07 Å². The fourth-order valence-electron chi connectivity index (χ4n) is 5.61. The number of pyridine rings is 1. The first-order valence-electron chi connectivity index (χ1n) is 11.2. The molecular formula is C23H26N6O2. The molecule has 1 amide bonds. The van der Waals surface area contributed by atoms with Crippen LogP contribution in [0.15, 0.2) is 35.1 Å². The molecule has 2 aromatic heterocycles. The van der Waals surface area contributed by atoms with E-state index in [-0.39, 0.29) is 17.4 Å². The van der Waals surface area contributed by atoms with Gasteiger partial charge in [-0.05, 0) is 62.5 Å². The molecule has 3 aliphatic heterocycles. The second kappa shape index (κ2) is 7.30. The first-order valence-corrected chi connectivity index (χ1v) is 11.2. The Hall–Kier alpha value is -3.00. The number of nitrogens with zero attached hydrogens (tertiary/aromatic N) is 5. The van der Waals surface area contributed by atoms with Crippen LogP contribution in [0, 0.1) is 5.92 Å². The largest absolute Gasteiger partial charge is 0.338 e. The summed E-state index contributed by atoms with van der Waals surface area (Å²) in [5, 5.41) is 10.8. The molecule has 31 heavy (non-hydrogen) atoms. The summed E-state index contributed by atoms with van der Waals surface area (Å²) in [5.74, 6) is 0.549. The number of H-pyrrole nitrogens is 1. The number of likely N-dealkylation sites (tertiary alicyclic amines) is 2. The molecule has 2 saturated heterocycles. The van der Waals surface area contributed by atoms with Crippen LogP contribution in [0.2, 0.25) is 0 Å². The molecule has 5 heterocycles. The molecule has 0 radical (unpaired) electrons. The Morgan fingerprint density at radius 2 is 1.87 bits per heavy atom. The second-order valence-electron chi connectivity index (χ2n) is 9.22. The highest BCUT2D eigenvalue weighted by molar-refractivity contribution is 5.97. The Labute approximate surface area is 179 Å². The lowest BCUT2D eigenvalue weighted by atomic mass is 9.82. The van der Waals surface area contributed by atoms with Gasteiger partial charge in [0, 0.05) is 48.9 Å². The van der Waals surface area contributed by atoms with Crippen LogP contribution in [0.1, 0.15) is 46.8 Å².